The molecule has 0 aliphatic carbocycles. The molecule has 5 nitrogen and oxygen atoms in total. The summed E-state index contributed by atoms with van der Waals surface area (Å²) in [7, 11) is 1.61. The molecule has 0 unspecified atom stereocenters. The average Bonchev–Trinajstić information content (AvgIpc) is 2.97. The Balaban J connectivity index is 1.91. The van der Waals surface area contributed by atoms with Crippen LogP contribution in [-0.2, 0) is 4.74 Å². The Morgan fingerprint density at radius 2 is 2.18 bits per heavy atom. The van der Waals surface area contributed by atoms with Crippen LogP contribution in [0.4, 0.5) is 4.39 Å². The van der Waals surface area contributed by atoms with E-state index in [1.807, 2.05) is 0 Å². The van der Waals surface area contributed by atoms with Gasteiger partial charge in [0.15, 0.2) is 5.11 Å². The van der Waals surface area contributed by atoms with Gasteiger partial charge >= 0.3 is 0 Å². The fourth-order valence-electron chi connectivity index (χ4n) is 1.69. The number of furan rings is 1. The van der Waals surface area contributed by atoms with Crippen LogP contribution in [0.2, 0.25) is 0 Å². The van der Waals surface area contributed by atoms with Crippen molar-refractivity contribution in [2.24, 2.45) is 5.10 Å². The summed E-state index contributed by atoms with van der Waals surface area (Å²) in [5, 5.41) is 7.24. The summed E-state index contributed by atoms with van der Waals surface area (Å²) in [6.07, 6.45) is 1.47. The maximum atomic E-state index is 13.6. The Morgan fingerprint density at radius 1 is 1.36 bits per heavy atom. The third kappa shape index (κ3) is 4.64. The molecule has 1 heterocycles. The zero-order valence-electron chi connectivity index (χ0n) is 12.0. The molecule has 1 aromatic carbocycles. The van der Waals surface area contributed by atoms with Gasteiger partial charge in [0.25, 0.3) is 0 Å². The highest BCUT2D eigenvalue weighted by Crippen LogP contribution is 2.24. The van der Waals surface area contributed by atoms with Crippen LogP contribution in [0.5, 0.6) is 0 Å². The van der Waals surface area contributed by atoms with Crippen molar-refractivity contribution in [2.45, 2.75) is 0 Å². The topological polar surface area (TPSA) is 58.8 Å². The lowest BCUT2D eigenvalue weighted by Crippen LogP contribution is -2.34. The van der Waals surface area contributed by atoms with Crippen molar-refractivity contribution in [1.82, 2.24) is 10.7 Å². The van der Waals surface area contributed by atoms with Gasteiger partial charge in [-0.2, -0.15) is 5.10 Å². The minimum absolute atomic E-state index is 0.331. The molecular weight excluding hydrogens is 305 g/mol. The van der Waals surface area contributed by atoms with Gasteiger partial charge in [0.05, 0.1) is 18.4 Å². The van der Waals surface area contributed by atoms with Crippen molar-refractivity contribution in [3.05, 3.63) is 48.0 Å². The quantitative estimate of drug-likeness (QED) is 0.371. The molecule has 0 aliphatic heterocycles. The van der Waals surface area contributed by atoms with Crippen molar-refractivity contribution >= 4 is 23.5 Å². The first-order chi connectivity index (χ1) is 10.7. The Bertz CT molecular complexity index is 658. The maximum Gasteiger partial charge on any atom is 0.187 e. The standard InChI is InChI=1S/C15H16FN3O2S/c1-20-9-8-17-15(22)19-18-10-11-6-7-14(21-11)12-4-2-3-5-13(12)16/h2-7,10H,8-9H2,1H3,(H2,17,19,22)/b18-10-. The Kier molecular flexibility index (Phi) is 6.05. The fraction of sp³-hybridized carbons (Fsp3) is 0.200. The second-order valence-corrected chi connectivity index (χ2v) is 4.71. The molecule has 7 heteroatoms. The molecule has 2 rings (SSSR count). The molecule has 0 amide bonds. The van der Waals surface area contributed by atoms with E-state index in [0.29, 0.717) is 35.3 Å². The Hall–Kier alpha value is -2.25. The minimum atomic E-state index is -0.331. The molecule has 0 bridgehead atoms. The number of hydrogen-bond donors (Lipinski definition) is 2. The van der Waals surface area contributed by atoms with Crippen molar-refractivity contribution < 1.29 is 13.5 Å². The number of thiocarbonyl (C=S) groups is 1. The molecule has 0 radical (unpaired) electrons. The third-order valence-electron chi connectivity index (χ3n) is 2.72. The largest absolute Gasteiger partial charge is 0.455 e. The van der Waals surface area contributed by atoms with E-state index in [1.165, 1.54) is 12.3 Å². The SMILES string of the molecule is COCCNC(=S)N/N=C\c1ccc(-c2ccccc2F)o1. The van der Waals surface area contributed by atoms with Gasteiger partial charge in [-0.3, -0.25) is 5.43 Å². The molecule has 1 aromatic heterocycles. The number of hydrogen-bond acceptors (Lipinski definition) is 4. The van der Waals surface area contributed by atoms with Crippen LogP contribution in [0.1, 0.15) is 5.76 Å². The summed E-state index contributed by atoms with van der Waals surface area (Å²) >= 11 is 5.01. The van der Waals surface area contributed by atoms with Gasteiger partial charge in [-0.25, -0.2) is 4.39 Å². The molecule has 2 N–H and O–H groups in total. The number of nitrogens with one attached hydrogen (secondary N) is 2. The van der Waals surface area contributed by atoms with Crippen LogP contribution >= 0.6 is 12.2 Å². The van der Waals surface area contributed by atoms with Crippen molar-refractivity contribution in [2.75, 3.05) is 20.3 Å². The van der Waals surface area contributed by atoms with E-state index in [0.717, 1.165) is 0 Å². The highest BCUT2D eigenvalue weighted by molar-refractivity contribution is 7.80. The average molecular weight is 321 g/mol. The van der Waals surface area contributed by atoms with Gasteiger partial charge in [0.2, 0.25) is 0 Å². The van der Waals surface area contributed by atoms with Crippen LogP contribution in [0.3, 0.4) is 0 Å². The first-order valence-electron chi connectivity index (χ1n) is 6.61. The number of benzene rings is 1. The Labute approximate surface area is 133 Å². The van der Waals surface area contributed by atoms with Crippen LogP contribution in [0.15, 0.2) is 45.9 Å². The molecule has 2 aromatic rings. The lowest BCUT2D eigenvalue weighted by Gasteiger charge is -2.05. The Morgan fingerprint density at radius 3 is 2.95 bits per heavy atom. The van der Waals surface area contributed by atoms with Crippen LogP contribution in [0, 0.1) is 5.82 Å². The number of methoxy groups -OCH3 is 1. The van der Waals surface area contributed by atoms with Crippen molar-refractivity contribution in [3.8, 4) is 11.3 Å². The number of ether oxygens (including phenoxy) is 1. The van der Waals surface area contributed by atoms with Gasteiger partial charge < -0.3 is 14.5 Å². The normalized spacial score (nSPS) is 10.8. The monoisotopic (exact) mass is 321 g/mol. The van der Waals surface area contributed by atoms with E-state index in [1.54, 1.807) is 37.4 Å². The number of hydrazone groups is 1. The molecular formula is C15H16FN3O2S. The van der Waals surface area contributed by atoms with E-state index in [9.17, 15) is 4.39 Å². The first kappa shape index (κ1) is 16.1. The van der Waals surface area contributed by atoms with Crippen LogP contribution in [-0.4, -0.2) is 31.6 Å². The summed E-state index contributed by atoms with van der Waals surface area (Å²) in [5.41, 5.74) is 3.06. The maximum absolute atomic E-state index is 13.6. The van der Waals surface area contributed by atoms with Gasteiger partial charge in [-0.05, 0) is 36.5 Å². The number of rotatable bonds is 6. The molecule has 22 heavy (non-hydrogen) atoms. The summed E-state index contributed by atoms with van der Waals surface area (Å²) in [4.78, 5) is 0. The molecule has 0 saturated heterocycles. The van der Waals surface area contributed by atoms with E-state index in [4.69, 9.17) is 21.4 Å². The second-order valence-electron chi connectivity index (χ2n) is 4.30. The van der Waals surface area contributed by atoms with Gasteiger partial charge in [-0.1, -0.05) is 12.1 Å². The highest BCUT2D eigenvalue weighted by atomic mass is 32.1. The summed E-state index contributed by atoms with van der Waals surface area (Å²) in [6, 6.07) is 9.81. The molecule has 0 saturated carbocycles. The molecule has 0 fully saturated rings. The second kappa shape index (κ2) is 8.26. The lowest BCUT2D eigenvalue weighted by molar-refractivity contribution is 0.204. The zero-order chi connectivity index (χ0) is 15.8. The lowest BCUT2D eigenvalue weighted by atomic mass is 10.1. The van der Waals surface area contributed by atoms with E-state index in [2.05, 4.69) is 15.8 Å². The van der Waals surface area contributed by atoms with Crippen LogP contribution < -0.4 is 10.7 Å². The number of halogens is 1. The molecule has 116 valence electrons. The molecule has 0 aliphatic rings. The fourth-order valence-corrected chi connectivity index (χ4v) is 1.84. The van der Waals surface area contributed by atoms with E-state index >= 15 is 0 Å². The molecule has 0 atom stereocenters. The summed E-state index contributed by atoms with van der Waals surface area (Å²) < 4.78 is 24.1. The summed E-state index contributed by atoms with van der Waals surface area (Å²) in [6.45, 7) is 1.14. The van der Waals surface area contributed by atoms with Gasteiger partial charge in [0, 0.05) is 13.7 Å². The van der Waals surface area contributed by atoms with Crippen molar-refractivity contribution in [1.29, 1.82) is 0 Å². The highest BCUT2D eigenvalue weighted by Gasteiger charge is 2.07. The third-order valence-corrected chi connectivity index (χ3v) is 2.95. The molecule has 0 spiro atoms. The zero-order valence-corrected chi connectivity index (χ0v) is 12.8. The van der Waals surface area contributed by atoms with Crippen molar-refractivity contribution in [3.63, 3.8) is 0 Å². The number of nitrogens with zero attached hydrogens (tertiary/aromatic N) is 1. The predicted octanol–water partition coefficient (Wildman–Crippen LogP) is 2.53. The van der Waals surface area contributed by atoms with Crippen LogP contribution in [0.25, 0.3) is 11.3 Å². The van der Waals surface area contributed by atoms with E-state index < -0.39 is 0 Å². The van der Waals surface area contributed by atoms with Gasteiger partial charge in [-0.15, -0.1) is 0 Å². The predicted molar refractivity (Wildman–Crippen MR) is 87.3 cm³/mol. The first-order valence-corrected chi connectivity index (χ1v) is 7.02. The van der Waals surface area contributed by atoms with E-state index in [-0.39, 0.29) is 5.82 Å². The summed E-state index contributed by atoms with van der Waals surface area (Å²) in [5.74, 6) is 0.604. The van der Waals surface area contributed by atoms with Gasteiger partial charge in [0.1, 0.15) is 17.3 Å². The smallest absolute Gasteiger partial charge is 0.187 e. The minimum Gasteiger partial charge on any atom is -0.455 e.